The van der Waals surface area contributed by atoms with Gasteiger partial charge in [0, 0.05) is 11.9 Å². The van der Waals surface area contributed by atoms with E-state index in [-0.39, 0.29) is 35.0 Å². The molecule has 0 aliphatic rings. The Hall–Kier alpha value is -3.48. The number of carbonyl (C=O) groups excluding carboxylic acids is 1. The molecule has 1 amide bonds. The molecule has 0 aliphatic carbocycles. The van der Waals surface area contributed by atoms with Crippen LogP contribution in [-0.2, 0) is 6.54 Å². The minimum atomic E-state index is -0.315. The molecule has 0 saturated heterocycles. The van der Waals surface area contributed by atoms with E-state index in [1.54, 1.807) is 12.1 Å². The summed E-state index contributed by atoms with van der Waals surface area (Å²) in [5, 5.41) is 8.67. The maximum Gasteiger partial charge on any atom is 0.274 e. The number of aromatic nitrogens is 4. The van der Waals surface area contributed by atoms with Gasteiger partial charge in [-0.2, -0.15) is 5.10 Å². The first-order valence-electron chi connectivity index (χ1n) is 11.1. The molecule has 0 fully saturated rings. The van der Waals surface area contributed by atoms with Crippen LogP contribution in [0.3, 0.4) is 0 Å². The highest BCUT2D eigenvalue weighted by molar-refractivity contribution is 6.04. The summed E-state index contributed by atoms with van der Waals surface area (Å²) in [6.07, 6.45) is 0.864. The van der Waals surface area contributed by atoms with E-state index in [0.717, 1.165) is 17.5 Å². The van der Waals surface area contributed by atoms with Gasteiger partial charge in [0.25, 0.3) is 11.5 Å². The summed E-state index contributed by atoms with van der Waals surface area (Å²) in [6.45, 7) is 8.65. The van der Waals surface area contributed by atoms with Crippen molar-refractivity contribution in [2.24, 2.45) is 11.8 Å². The molecule has 0 bridgehead atoms. The van der Waals surface area contributed by atoms with Crippen LogP contribution < -0.4 is 10.9 Å². The van der Waals surface area contributed by atoms with Crippen LogP contribution in [0.4, 0.5) is 0 Å². The van der Waals surface area contributed by atoms with Crippen LogP contribution in [0, 0.1) is 11.8 Å². The van der Waals surface area contributed by atoms with Crippen LogP contribution in [0.2, 0.25) is 0 Å². The van der Waals surface area contributed by atoms with Crippen molar-refractivity contribution in [3.05, 3.63) is 70.4 Å². The van der Waals surface area contributed by atoms with Crippen molar-refractivity contribution >= 4 is 27.7 Å². The Morgan fingerprint density at radius 2 is 1.75 bits per heavy atom. The molecular weight excluding hydrogens is 402 g/mol. The van der Waals surface area contributed by atoms with Gasteiger partial charge in [0.05, 0.1) is 22.5 Å². The van der Waals surface area contributed by atoms with Crippen molar-refractivity contribution in [2.45, 2.75) is 46.7 Å². The smallest absolute Gasteiger partial charge is 0.274 e. The van der Waals surface area contributed by atoms with Crippen molar-refractivity contribution in [3.63, 3.8) is 0 Å². The van der Waals surface area contributed by atoms with Crippen molar-refractivity contribution in [1.82, 2.24) is 25.1 Å². The van der Waals surface area contributed by atoms with Gasteiger partial charge in [0.1, 0.15) is 5.82 Å². The third kappa shape index (κ3) is 4.15. The second-order valence-electron chi connectivity index (χ2n) is 8.75. The zero-order chi connectivity index (χ0) is 22.8. The number of hydrogen-bond donors (Lipinski definition) is 2. The summed E-state index contributed by atoms with van der Waals surface area (Å²) in [6, 6.07) is 14.6. The van der Waals surface area contributed by atoms with Crippen molar-refractivity contribution in [2.75, 3.05) is 0 Å². The SMILES string of the molecule is CCC(C)C(NC(=O)c1nn(CC(C)C)c(=O)c2ccccc12)c1nc2ccccc2[nH]1. The fourth-order valence-corrected chi connectivity index (χ4v) is 3.92. The molecule has 2 heterocycles. The maximum atomic E-state index is 13.5. The second-order valence-corrected chi connectivity index (χ2v) is 8.75. The minimum absolute atomic E-state index is 0.146. The number of nitrogens with zero attached hydrogens (tertiary/aromatic N) is 3. The molecule has 2 N–H and O–H groups in total. The van der Waals surface area contributed by atoms with Gasteiger partial charge in [-0.3, -0.25) is 9.59 Å². The van der Waals surface area contributed by atoms with E-state index in [0.29, 0.717) is 23.1 Å². The van der Waals surface area contributed by atoms with Crippen LogP contribution in [-0.4, -0.2) is 25.7 Å². The summed E-state index contributed by atoms with van der Waals surface area (Å²) in [7, 11) is 0. The third-order valence-electron chi connectivity index (χ3n) is 5.82. The van der Waals surface area contributed by atoms with Gasteiger partial charge < -0.3 is 10.3 Å². The molecule has 2 aromatic heterocycles. The number of amides is 1. The lowest BCUT2D eigenvalue weighted by Gasteiger charge is -2.23. The van der Waals surface area contributed by atoms with E-state index >= 15 is 0 Å². The van der Waals surface area contributed by atoms with Gasteiger partial charge in [-0.1, -0.05) is 64.4 Å². The highest BCUT2D eigenvalue weighted by Crippen LogP contribution is 2.25. The zero-order valence-corrected chi connectivity index (χ0v) is 18.9. The topological polar surface area (TPSA) is 92.7 Å². The summed E-state index contributed by atoms with van der Waals surface area (Å²) >= 11 is 0. The molecule has 4 rings (SSSR count). The van der Waals surface area contributed by atoms with Gasteiger partial charge >= 0.3 is 0 Å². The van der Waals surface area contributed by atoms with E-state index in [4.69, 9.17) is 4.98 Å². The Morgan fingerprint density at radius 1 is 1.06 bits per heavy atom. The summed E-state index contributed by atoms with van der Waals surface area (Å²) in [4.78, 5) is 34.5. The van der Waals surface area contributed by atoms with Crippen LogP contribution in [0.5, 0.6) is 0 Å². The Kier molecular flexibility index (Phi) is 6.08. The lowest BCUT2D eigenvalue weighted by Crippen LogP contribution is -2.36. The predicted octanol–water partition coefficient (Wildman–Crippen LogP) is 4.45. The predicted molar refractivity (Wildman–Crippen MR) is 127 cm³/mol. The molecule has 166 valence electrons. The number of carbonyl (C=O) groups is 1. The minimum Gasteiger partial charge on any atom is -0.340 e. The normalized spacial score (nSPS) is 13.5. The van der Waals surface area contributed by atoms with Crippen molar-refractivity contribution < 1.29 is 4.79 Å². The largest absolute Gasteiger partial charge is 0.340 e. The molecule has 4 aromatic rings. The number of para-hydroxylation sites is 2. The molecule has 2 aromatic carbocycles. The lowest BCUT2D eigenvalue weighted by molar-refractivity contribution is 0.0914. The van der Waals surface area contributed by atoms with Crippen LogP contribution in [0.25, 0.3) is 21.8 Å². The number of imidazole rings is 1. The number of hydrogen-bond acceptors (Lipinski definition) is 4. The fourth-order valence-electron chi connectivity index (χ4n) is 3.92. The number of benzene rings is 2. The van der Waals surface area contributed by atoms with Crippen molar-refractivity contribution in [1.29, 1.82) is 0 Å². The van der Waals surface area contributed by atoms with Gasteiger partial charge in [-0.15, -0.1) is 0 Å². The molecule has 32 heavy (non-hydrogen) atoms. The Bertz CT molecular complexity index is 1290. The molecule has 2 atom stereocenters. The monoisotopic (exact) mass is 431 g/mol. The Labute approximate surface area is 186 Å². The summed E-state index contributed by atoms with van der Waals surface area (Å²) < 4.78 is 1.40. The number of aromatic amines is 1. The Morgan fingerprint density at radius 3 is 2.44 bits per heavy atom. The number of fused-ring (bicyclic) bond motifs is 2. The lowest BCUT2D eigenvalue weighted by atomic mass is 9.98. The number of nitrogens with one attached hydrogen (secondary N) is 2. The van der Waals surface area contributed by atoms with E-state index in [9.17, 15) is 9.59 Å². The first kappa shape index (κ1) is 21.7. The quantitative estimate of drug-likeness (QED) is 0.452. The molecule has 7 nitrogen and oxygen atoms in total. The summed E-state index contributed by atoms with van der Waals surface area (Å²) in [5.41, 5.74) is 1.87. The zero-order valence-electron chi connectivity index (χ0n) is 18.9. The molecule has 0 radical (unpaired) electrons. The summed E-state index contributed by atoms with van der Waals surface area (Å²) in [5.74, 6) is 0.770. The molecule has 0 aliphatic heterocycles. The molecular formula is C25H29N5O2. The van der Waals surface area contributed by atoms with E-state index in [2.05, 4.69) is 29.2 Å². The highest BCUT2D eigenvalue weighted by Gasteiger charge is 2.26. The number of rotatable bonds is 7. The average molecular weight is 432 g/mol. The maximum absolute atomic E-state index is 13.5. The molecule has 7 heteroatoms. The van der Waals surface area contributed by atoms with E-state index in [1.807, 2.05) is 50.2 Å². The van der Waals surface area contributed by atoms with Crippen molar-refractivity contribution in [3.8, 4) is 0 Å². The number of H-pyrrole nitrogens is 1. The first-order valence-corrected chi connectivity index (χ1v) is 11.1. The first-order chi connectivity index (χ1) is 15.4. The van der Waals surface area contributed by atoms with E-state index < -0.39 is 0 Å². The second kappa shape index (κ2) is 8.94. The molecule has 2 unspecified atom stereocenters. The van der Waals surface area contributed by atoms with Crippen LogP contribution in [0.1, 0.15) is 56.5 Å². The Balaban J connectivity index is 1.76. The highest BCUT2D eigenvalue weighted by atomic mass is 16.2. The third-order valence-corrected chi connectivity index (χ3v) is 5.82. The van der Waals surface area contributed by atoms with Gasteiger partial charge in [0.2, 0.25) is 0 Å². The standard InChI is InChI=1S/C25H29N5O2/c1-5-16(4)21(23-26-19-12-8-9-13-20(19)27-23)28-24(31)22-17-10-6-7-11-18(17)25(32)30(29-22)14-15(2)3/h6-13,15-16,21H,5,14H2,1-4H3,(H,26,27)(H,28,31). The van der Waals surface area contributed by atoms with Crippen LogP contribution >= 0.6 is 0 Å². The molecule has 0 saturated carbocycles. The molecule has 0 spiro atoms. The van der Waals surface area contributed by atoms with Crippen LogP contribution in [0.15, 0.2) is 53.3 Å². The van der Waals surface area contributed by atoms with Gasteiger partial charge in [0.15, 0.2) is 5.69 Å². The van der Waals surface area contributed by atoms with Gasteiger partial charge in [-0.05, 0) is 30.0 Å². The fraction of sp³-hybridized carbons (Fsp3) is 0.360. The van der Waals surface area contributed by atoms with Gasteiger partial charge in [-0.25, -0.2) is 9.67 Å². The van der Waals surface area contributed by atoms with E-state index in [1.165, 1.54) is 4.68 Å². The average Bonchev–Trinajstić information content (AvgIpc) is 3.22.